The van der Waals surface area contributed by atoms with Crippen molar-refractivity contribution in [1.82, 2.24) is 5.32 Å². The minimum atomic E-state index is -1.13. The average molecular weight is 959 g/mol. The zero-order valence-electron chi connectivity index (χ0n) is 46.3. The zero-order valence-corrected chi connectivity index (χ0v) is 46.3. The standard InChI is InChI=1S/C63H123NO4/c1-3-5-7-9-11-13-15-17-19-21-22-23-24-25-26-27-28-29-30-31-32-33-34-35-36-37-38-39-40-42-44-46-48-50-52-54-56-58-62(67)64-60(59-65)63(68)61(66)57-55-53-51-49-47-45-43-41-20-18-16-14-12-10-8-6-4-2/h26-27,29-30,60-61,63,65-66,68H,3-25,28,31-59H2,1-2H3,(H,64,67)/b27-26-,30-29-. The Kier molecular flexibility index (Phi) is 57.4. The number of unbranched alkanes of at least 4 members (excludes halogenated alkanes) is 46. The third-order valence-corrected chi connectivity index (χ3v) is 14.8. The summed E-state index contributed by atoms with van der Waals surface area (Å²) in [5.74, 6) is -0.139. The fourth-order valence-corrected chi connectivity index (χ4v) is 10.0. The van der Waals surface area contributed by atoms with E-state index in [1.807, 2.05) is 0 Å². The van der Waals surface area contributed by atoms with Gasteiger partial charge in [-0.3, -0.25) is 4.79 Å². The number of hydrogen-bond donors (Lipinski definition) is 4. The lowest BCUT2D eigenvalue weighted by Gasteiger charge is -2.26. The van der Waals surface area contributed by atoms with Gasteiger partial charge in [-0.15, -0.1) is 0 Å². The van der Waals surface area contributed by atoms with E-state index in [4.69, 9.17) is 0 Å². The number of hydrogen-bond acceptors (Lipinski definition) is 4. The summed E-state index contributed by atoms with van der Waals surface area (Å²) in [6.45, 7) is 4.22. The van der Waals surface area contributed by atoms with Crippen molar-refractivity contribution in [3.63, 3.8) is 0 Å². The van der Waals surface area contributed by atoms with Crippen molar-refractivity contribution >= 4 is 5.91 Å². The highest BCUT2D eigenvalue weighted by molar-refractivity contribution is 5.76. The molecule has 1 amide bonds. The van der Waals surface area contributed by atoms with E-state index < -0.39 is 18.2 Å². The summed E-state index contributed by atoms with van der Waals surface area (Å²) in [4.78, 5) is 12.5. The molecule has 0 aliphatic heterocycles. The molecule has 3 unspecified atom stereocenters. The number of aliphatic hydroxyl groups is 3. The lowest BCUT2D eigenvalue weighted by Crippen LogP contribution is -2.50. The van der Waals surface area contributed by atoms with Gasteiger partial charge in [0.1, 0.15) is 6.10 Å². The minimum Gasteiger partial charge on any atom is -0.394 e. The maximum Gasteiger partial charge on any atom is 0.220 e. The first-order valence-electron chi connectivity index (χ1n) is 31.1. The van der Waals surface area contributed by atoms with Crippen LogP contribution in [0.5, 0.6) is 0 Å². The van der Waals surface area contributed by atoms with Crippen molar-refractivity contribution in [3.8, 4) is 0 Å². The molecule has 0 spiro atoms. The van der Waals surface area contributed by atoms with Gasteiger partial charge in [0.15, 0.2) is 0 Å². The highest BCUT2D eigenvalue weighted by atomic mass is 16.3. The third-order valence-electron chi connectivity index (χ3n) is 14.8. The molecule has 0 heterocycles. The van der Waals surface area contributed by atoms with Crippen molar-refractivity contribution < 1.29 is 20.1 Å². The molecule has 5 heteroatoms. The van der Waals surface area contributed by atoms with E-state index in [1.165, 1.54) is 283 Å². The van der Waals surface area contributed by atoms with Crippen LogP contribution in [0, 0.1) is 0 Å². The van der Waals surface area contributed by atoms with Crippen molar-refractivity contribution in [2.24, 2.45) is 0 Å². The largest absolute Gasteiger partial charge is 0.394 e. The van der Waals surface area contributed by atoms with Crippen LogP contribution in [0.15, 0.2) is 24.3 Å². The second-order valence-electron chi connectivity index (χ2n) is 21.6. The SMILES string of the molecule is CCCCCCCCCCCCCCC/C=C\C/C=C\CCCCCCCCCCCCCCCCCCCC(=O)NC(CO)C(O)C(O)CCCCCCCCCCCCCCCCCCC. The molecule has 0 rings (SSSR count). The minimum absolute atomic E-state index is 0.139. The van der Waals surface area contributed by atoms with Crippen LogP contribution in [0.4, 0.5) is 0 Å². The van der Waals surface area contributed by atoms with Gasteiger partial charge in [0, 0.05) is 6.42 Å². The molecule has 0 aromatic rings. The molecule has 0 aromatic carbocycles. The van der Waals surface area contributed by atoms with E-state index >= 15 is 0 Å². The normalized spacial score (nSPS) is 13.3. The van der Waals surface area contributed by atoms with E-state index in [0.29, 0.717) is 12.8 Å². The van der Waals surface area contributed by atoms with Gasteiger partial charge in [0.05, 0.1) is 18.8 Å². The Morgan fingerprint density at radius 1 is 0.368 bits per heavy atom. The van der Waals surface area contributed by atoms with Crippen LogP contribution >= 0.6 is 0 Å². The molecule has 0 bridgehead atoms. The molecule has 0 aromatic heterocycles. The van der Waals surface area contributed by atoms with E-state index in [1.54, 1.807) is 0 Å². The molecule has 404 valence electrons. The molecular weight excluding hydrogens is 835 g/mol. The van der Waals surface area contributed by atoms with Crippen LogP contribution in [0.25, 0.3) is 0 Å². The highest BCUT2D eigenvalue weighted by Gasteiger charge is 2.26. The van der Waals surface area contributed by atoms with E-state index in [0.717, 1.165) is 38.5 Å². The van der Waals surface area contributed by atoms with Gasteiger partial charge in [-0.2, -0.15) is 0 Å². The van der Waals surface area contributed by atoms with Crippen LogP contribution in [-0.4, -0.2) is 46.1 Å². The Morgan fingerprint density at radius 2 is 0.632 bits per heavy atom. The zero-order chi connectivity index (χ0) is 49.3. The maximum atomic E-state index is 12.5. The van der Waals surface area contributed by atoms with E-state index in [9.17, 15) is 20.1 Å². The van der Waals surface area contributed by atoms with Crippen LogP contribution < -0.4 is 5.32 Å². The quantitative estimate of drug-likeness (QED) is 0.0361. The van der Waals surface area contributed by atoms with Gasteiger partial charge in [-0.1, -0.05) is 321 Å². The summed E-state index contributed by atoms with van der Waals surface area (Å²) in [7, 11) is 0. The lowest BCUT2D eigenvalue weighted by atomic mass is 9.99. The summed E-state index contributed by atoms with van der Waals surface area (Å²) in [6.07, 6.45) is 75.1. The molecular formula is C63H123NO4. The van der Waals surface area contributed by atoms with Gasteiger partial charge < -0.3 is 20.6 Å². The molecule has 3 atom stereocenters. The van der Waals surface area contributed by atoms with Crippen molar-refractivity contribution in [3.05, 3.63) is 24.3 Å². The predicted octanol–water partition coefficient (Wildman–Crippen LogP) is 19.6. The molecule has 4 N–H and O–H groups in total. The number of rotatable bonds is 58. The Balaban J connectivity index is 3.46. The number of carbonyl (C=O) groups excluding carboxylic acids is 1. The van der Waals surface area contributed by atoms with Gasteiger partial charge in [-0.05, 0) is 44.9 Å². The van der Waals surface area contributed by atoms with Crippen molar-refractivity contribution in [2.45, 2.75) is 366 Å². The first-order valence-corrected chi connectivity index (χ1v) is 31.1. The van der Waals surface area contributed by atoms with Gasteiger partial charge >= 0.3 is 0 Å². The molecule has 0 aliphatic rings. The molecule has 68 heavy (non-hydrogen) atoms. The molecule has 0 saturated heterocycles. The lowest BCUT2D eigenvalue weighted by molar-refractivity contribution is -0.124. The number of aliphatic hydroxyl groups excluding tert-OH is 3. The van der Waals surface area contributed by atoms with Crippen LogP contribution in [0.3, 0.4) is 0 Å². The maximum absolute atomic E-state index is 12.5. The van der Waals surface area contributed by atoms with Gasteiger partial charge in [-0.25, -0.2) is 0 Å². The van der Waals surface area contributed by atoms with Crippen molar-refractivity contribution in [2.75, 3.05) is 6.61 Å². The highest BCUT2D eigenvalue weighted by Crippen LogP contribution is 2.18. The number of carbonyl (C=O) groups is 1. The first kappa shape index (κ1) is 66.8. The number of nitrogens with one attached hydrogen (secondary N) is 1. The Bertz CT molecular complexity index is 1010. The fourth-order valence-electron chi connectivity index (χ4n) is 10.0. The monoisotopic (exact) mass is 958 g/mol. The summed E-state index contributed by atoms with van der Waals surface area (Å²) in [5, 5.41) is 33.8. The summed E-state index contributed by atoms with van der Waals surface area (Å²) in [5.41, 5.74) is 0. The molecule has 5 nitrogen and oxygen atoms in total. The molecule has 0 radical (unpaired) electrons. The topological polar surface area (TPSA) is 89.8 Å². The van der Waals surface area contributed by atoms with E-state index in [-0.39, 0.29) is 12.5 Å². The van der Waals surface area contributed by atoms with Gasteiger partial charge in [0.2, 0.25) is 5.91 Å². The molecule has 0 aliphatic carbocycles. The van der Waals surface area contributed by atoms with Gasteiger partial charge in [0.25, 0.3) is 0 Å². The summed E-state index contributed by atoms with van der Waals surface area (Å²) in [6, 6.07) is -0.808. The second kappa shape index (κ2) is 58.4. The Hall–Kier alpha value is -1.17. The number of allylic oxidation sites excluding steroid dienone is 4. The summed E-state index contributed by atoms with van der Waals surface area (Å²) < 4.78 is 0. The van der Waals surface area contributed by atoms with E-state index in [2.05, 4.69) is 43.5 Å². The van der Waals surface area contributed by atoms with Crippen LogP contribution in [-0.2, 0) is 4.79 Å². The predicted molar refractivity (Wildman–Crippen MR) is 301 cm³/mol. The average Bonchev–Trinajstić information content (AvgIpc) is 3.34. The van der Waals surface area contributed by atoms with Crippen LogP contribution in [0.2, 0.25) is 0 Å². The van der Waals surface area contributed by atoms with Crippen LogP contribution in [0.1, 0.15) is 348 Å². The smallest absolute Gasteiger partial charge is 0.220 e. The Morgan fingerprint density at radius 3 is 0.926 bits per heavy atom. The molecule has 0 saturated carbocycles. The number of amides is 1. The fraction of sp³-hybridized carbons (Fsp3) is 0.921. The Labute approximate surface area is 426 Å². The second-order valence-corrected chi connectivity index (χ2v) is 21.6. The van der Waals surface area contributed by atoms with Crippen molar-refractivity contribution in [1.29, 1.82) is 0 Å². The first-order chi connectivity index (χ1) is 33.6. The molecule has 0 fully saturated rings. The summed E-state index contributed by atoms with van der Waals surface area (Å²) >= 11 is 0. The third kappa shape index (κ3) is 52.6.